The summed E-state index contributed by atoms with van der Waals surface area (Å²) < 4.78 is 32.1. The van der Waals surface area contributed by atoms with Crippen molar-refractivity contribution in [2.75, 3.05) is 19.8 Å². The number of aromatic nitrogens is 2. The predicted octanol–water partition coefficient (Wildman–Crippen LogP) is 2.89. The van der Waals surface area contributed by atoms with Gasteiger partial charge in [-0.2, -0.15) is 8.78 Å². The van der Waals surface area contributed by atoms with Crippen LogP contribution in [0.5, 0.6) is 0 Å². The molecular weight excluding hydrogens is 324 g/mol. The van der Waals surface area contributed by atoms with E-state index in [1.54, 1.807) is 24.3 Å². The number of nitrogens with zero attached hydrogens (tertiary/aromatic N) is 2. The van der Waals surface area contributed by atoms with Gasteiger partial charge in [0, 0.05) is 19.8 Å². The number of imidazole rings is 1. The van der Waals surface area contributed by atoms with E-state index in [-0.39, 0.29) is 17.6 Å². The molecule has 0 unspecified atom stereocenters. The van der Waals surface area contributed by atoms with Crippen molar-refractivity contribution in [3.63, 3.8) is 0 Å². The number of nitrogens with one attached hydrogen (secondary N) is 1. The Bertz CT molecular complexity index is 649. The standard InChI is InChI=1S/C15H19F2N3O2S/c1-2-22-9-5-8-18-13(21)10-20-12-7-4-3-6-11(12)19-15(20)23-14(16)17/h3-4,6-7,14H,2,5,8-10H2,1H3,(H,18,21). The minimum atomic E-state index is -2.58. The van der Waals surface area contributed by atoms with Crippen LogP contribution in [-0.4, -0.2) is 41.0 Å². The average Bonchev–Trinajstić information content (AvgIpc) is 2.84. The number of rotatable bonds is 9. The molecule has 0 spiro atoms. The van der Waals surface area contributed by atoms with Crippen LogP contribution in [-0.2, 0) is 16.1 Å². The number of benzene rings is 1. The number of halogens is 2. The number of hydrogen-bond donors (Lipinski definition) is 1. The van der Waals surface area contributed by atoms with Crippen molar-refractivity contribution in [3.05, 3.63) is 24.3 Å². The maximum absolute atomic E-state index is 12.7. The molecule has 1 amide bonds. The van der Waals surface area contributed by atoms with Crippen molar-refractivity contribution < 1.29 is 18.3 Å². The number of carbonyl (C=O) groups excluding carboxylic acids is 1. The first-order chi connectivity index (χ1) is 11.1. The summed E-state index contributed by atoms with van der Waals surface area (Å²) in [7, 11) is 0. The Balaban J connectivity index is 2.04. The fourth-order valence-corrected chi connectivity index (χ4v) is 2.72. The molecule has 1 heterocycles. The van der Waals surface area contributed by atoms with E-state index in [9.17, 15) is 13.6 Å². The van der Waals surface area contributed by atoms with Crippen molar-refractivity contribution in [2.24, 2.45) is 0 Å². The number of carbonyl (C=O) groups is 1. The molecule has 0 atom stereocenters. The lowest BCUT2D eigenvalue weighted by molar-refractivity contribution is -0.121. The first kappa shape index (κ1) is 17.7. The van der Waals surface area contributed by atoms with Crippen LogP contribution in [0.1, 0.15) is 13.3 Å². The Morgan fingerprint density at radius 3 is 2.96 bits per heavy atom. The first-order valence-electron chi connectivity index (χ1n) is 7.36. The molecule has 1 aromatic carbocycles. The molecule has 8 heteroatoms. The minimum Gasteiger partial charge on any atom is -0.382 e. The summed E-state index contributed by atoms with van der Waals surface area (Å²) in [6.45, 7) is 3.58. The van der Waals surface area contributed by atoms with Gasteiger partial charge < -0.3 is 14.6 Å². The zero-order chi connectivity index (χ0) is 16.7. The van der Waals surface area contributed by atoms with E-state index in [1.807, 2.05) is 6.92 Å². The van der Waals surface area contributed by atoms with E-state index < -0.39 is 5.76 Å². The Morgan fingerprint density at radius 1 is 1.43 bits per heavy atom. The molecular formula is C15H19F2N3O2S. The number of amides is 1. The minimum absolute atomic E-state index is 0.0375. The van der Waals surface area contributed by atoms with Gasteiger partial charge in [-0.15, -0.1) is 0 Å². The van der Waals surface area contributed by atoms with E-state index in [2.05, 4.69) is 10.3 Å². The van der Waals surface area contributed by atoms with Gasteiger partial charge in [0.2, 0.25) is 5.91 Å². The van der Waals surface area contributed by atoms with Crippen molar-refractivity contribution in [2.45, 2.75) is 30.8 Å². The topological polar surface area (TPSA) is 56.1 Å². The third kappa shape index (κ3) is 5.18. The largest absolute Gasteiger partial charge is 0.382 e. The lowest BCUT2D eigenvalue weighted by Gasteiger charge is -2.09. The molecule has 1 N–H and O–H groups in total. The van der Waals surface area contributed by atoms with Crippen molar-refractivity contribution in [1.82, 2.24) is 14.9 Å². The number of ether oxygens (including phenoxy) is 1. The van der Waals surface area contributed by atoms with E-state index >= 15 is 0 Å². The van der Waals surface area contributed by atoms with E-state index in [4.69, 9.17) is 4.74 Å². The molecule has 126 valence electrons. The normalized spacial score (nSPS) is 11.3. The number of para-hydroxylation sites is 2. The van der Waals surface area contributed by atoms with Crippen LogP contribution in [0.25, 0.3) is 11.0 Å². The van der Waals surface area contributed by atoms with E-state index in [1.165, 1.54) is 4.57 Å². The molecule has 0 radical (unpaired) electrons. The highest BCUT2D eigenvalue weighted by Crippen LogP contribution is 2.28. The van der Waals surface area contributed by atoms with Gasteiger partial charge >= 0.3 is 0 Å². The van der Waals surface area contributed by atoms with Crippen LogP contribution in [0, 0.1) is 0 Å². The smallest absolute Gasteiger partial charge is 0.291 e. The maximum atomic E-state index is 12.7. The lowest BCUT2D eigenvalue weighted by atomic mass is 10.3. The zero-order valence-electron chi connectivity index (χ0n) is 12.8. The Hall–Kier alpha value is -1.67. The molecule has 23 heavy (non-hydrogen) atoms. The van der Waals surface area contributed by atoms with Crippen LogP contribution in [0.3, 0.4) is 0 Å². The number of hydrogen-bond acceptors (Lipinski definition) is 4. The second-order valence-corrected chi connectivity index (χ2v) is 5.71. The molecule has 0 aliphatic rings. The second-order valence-electron chi connectivity index (χ2n) is 4.75. The second kappa shape index (κ2) is 8.83. The van der Waals surface area contributed by atoms with Gasteiger partial charge in [-0.05, 0) is 37.2 Å². The fraction of sp³-hybridized carbons (Fsp3) is 0.467. The van der Waals surface area contributed by atoms with Gasteiger partial charge in [-0.3, -0.25) is 4.79 Å². The van der Waals surface area contributed by atoms with Gasteiger partial charge in [0.05, 0.1) is 11.0 Å². The Kier molecular flexibility index (Phi) is 6.79. The number of alkyl halides is 2. The molecule has 5 nitrogen and oxygen atoms in total. The van der Waals surface area contributed by atoms with Crippen molar-refractivity contribution >= 4 is 28.7 Å². The van der Waals surface area contributed by atoms with Gasteiger partial charge in [-0.1, -0.05) is 12.1 Å². The first-order valence-corrected chi connectivity index (χ1v) is 8.24. The van der Waals surface area contributed by atoms with Gasteiger partial charge in [0.15, 0.2) is 5.16 Å². The third-order valence-corrected chi connectivity index (χ3v) is 3.81. The van der Waals surface area contributed by atoms with E-state index in [0.29, 0.717) is 49.0 Å². The van der Waals surface area contributed by atoms with Crippen LogP contribution >= 0.6 is 11.8 Å². The molecule has 0 bridgehead atoms. The van der Waals surface area contributed by atoms with Crippen LogP contribution in [0.4, 0.5) is 8.78 Å². The molecule has 0 aliphatic heterocycles. The highest BCUT2D eigenvalue weighted by atomic mass is 32.2. The average molecular weight is 343 g/mol. The number of thioether (sulfide) groups is 1. The molecule has 1 aromatic heterocycles. The summed E-state index contributed by atoms with van der Waals surface area (Å²) in [4.78, 5) is 16.2. The summed E-state index contributed by atoms with van der Waals surface area (Å²) in [6.07, 6.45) is 0.711. The molecule has 0 saturated heterocycles. The van der Waals surface area contributed by atoms with Crippen LogP contribution in [0.2, 0.25) is 0 Å². The van der Waals surface area contributed by atoms with E-state index in [0.717, 1.165) is 0 Å². The monoisotopic (exact) mass is 343 g/mol. The zero-order valence-corrected chi connectivity index (χ0v) is 13.6. The summed E-state index contributed by atoms with van der Waals surface area (Å²) in [5.74, 6) is -2.82. The Morgan fingerprint density at radius 2 is 2.22 bits per heavy atom. The van der Waals surface area contributed by atoms with Gasteiger partial charge in [0.25, 0.3) is 5.76 Å². The molecule has 2 aromatic rings. The summed E-state index contributed by atoms with van der Waals surface area (Å²) in [5, 5.41) is 2.90. The number of fused-ring (bicyclic) bond motifs is 1. The SMILES string of the molecule is CCOCCCNC(=O)Cn1c(SC(F)F)nc2ccccc21. The van der Waals surface area contributed by atoms with Gasteiger partial charge in [-0.25, -0.2) is 4.98 Å². The summed E-state index contributed by atoms with van der Waals surface area (Å²) in [5.41, 5.74) is 1.26. The maximum Gasteiger partial charge on any atom is 0.291 e. The summed E-state index contributed by atoms with van der Waals surface area (Å²) >= 11 is 0.346. The summed E-state index contributed by atoms with van der Waals surface area (Å²) in [6, 6.07) is 7.07. The van der Waals surface area contributed by atoms with Crippen LogP contribution in [0.15, 0.2) is 29.4 Å². The highest BCUT2D eigenvalue weighted by molar-refractivity contribution is 7.99. The predicted molar refractivity (Wildman–Crippen MR) is 85.7 cm³/mol. The fourth-order valence-electron chi connectivity index (χ4n) is 2.12. The molecule has 0 saturated carbocycles. The van der Waals surface area contributed by atoms with Gasteiger partial charge in [0.1, 0.15) is 6.54 Å². The molecule has 2 rings (SSSR count). The molecule has 0 fully saturated rings. The highest BCUT2D eigenvalue weighted by Gasteiger charge is 2.17. The van der Waals surface area contributed by atoms with Crippen LogP contribution < -0.4 is 5.32 Å². The van der Waals surface area contributed by atoms with Crippen molar-refractivity contribution in [3.8, 4) is 0 Å². The quantitative estimate of drug-likeness (QED) is 0.562. The lowest BCUT2D eigenvalue weighted by Crippen LogP contribution is -2.29. The Labute approximate surface area is 137 Å². The molecule has 0 aliphatic carbocycles. The van der Waals surface area contributed by atoms with Crippen molar-refractivity contribution in [1.29, 1.82) is 0 Å². The third-order valence-electron chi connectivity index (χ3n) is 3.11.